The Morgan fingerprint density at radius 1 is 1.11 bits per heavy atom. The first-order valence-corrected chi connectivity index (χ1v) is 8.71. The molecule has 7 nitrogen and oxygen atoms in total. The van der Waals surface area contributed by atoms with Gasteiger partial charge in [-0.2, -0.15) is 9.37 Å². The number of nitrogens with zero attached hydrogens (tertiary/aromatic N) is 3. The third-order valence-corrected chi connectivity index (χ3v) is 4.19. The molecule has 4 rings (SSSR count). The quantitative estimate of drug-likeness (QED) is 0.462. The van der Waals surface area contributed by atoms with Gasteiger partial charge in [-0.25, -0.2) is 9.97 Å². The first-order chi connectivity index (χ1) is 13.6. The molecular formula is C19H15ClFN5O2. The van der Waals surface area contributed by atoms with Gasteiger partial charge in [-0.3, -0.25) is 0 Å². The van der Waals surface area contributed by atoms with Gasteiger partial charge >= 0.3 is 0 Å². The molecule has 1 aromatic carbocycles. The summed E-state index contributed by atoms with van der Waals surface area (Å²) >= 11 is 6.21. The Kier molecular flexibility index (Phi) is 4.94. The van der Waals surface area contributed by atoms with Gasteiger partial charge in [-0.1, -0.05) is 11.6 Å². The number of H-pyrrole nitrogens is 1. The van der Waals surface area contributed by atoms with Crippen LogP contribution in [0.2, 0.25) is 5.02 Å². The first-order valence-electron chi connectivity index (χ1n) is 8.33. The Balaban J connectivity index is 1.46. The second kappa shape index (κ2) is 7.69. The molecule has 0 spiro atoms. The van der Waals surface area contributed by atoms with Crippen LogP contribution < -0.4 is 14.8 Å². The third kappa shape index (κ3) is 3.96. The van der Waals surface area contributed by atoms with Crippen molar-refractivity contribution in [2.24, 2.45) is 0 Å². The number of imidazole rings is 1. The number of methoxy groups -OCH3 is 1. The highest BCUT2D eigenvalue weighted by Crippen LogP contribution is 2.32. The van der Waals surface area contributed by atoms with Crippen LogP contribution in [0, 0.1) is 5.95 Å². The van der Waals surface area contributed by atoms with Crippen LogP contribution >= 0.6 is 11.6 Å². The number of hydrogen-bond donors (Lipinski definition) is 2. The molecule has 0 atom stereocenters. The molecule has 0 aliphatic carbocycles. The van der Waals surface area contributed by atoms with Gasteiger partial charge in [-0.15, -0.1) is 0 Å². The average molecular weight is 400 g/mol. The molecule has 0 aliphatic rings. The van der Waals surface area contributed by atoms with E-state index in [2.05, 4.69) is 25.3 Å². The summed E-state index contributed by atoms with van der Waals surface area (Å²) in [6.07, 6.45) is 1.62. The minimum Gasteiger partial charge on any atom is -0.497 e. The van der Waals surface area contributed by atoms with Crippen LogP contribution in [0.3, 0.4) is 0 Å². The summed E-state index contributed by atoms with van der Waals surface area (Å²) in [5, 5.41) is 3.57. The highest BCUT2D eigenvalue weighted by molar-refractivity contribution is 6.32. The third-order valence-electron chi connectivity index (χ3n) is 3.90. The van der Waals surface area contributed by atoms with Crippen molar-refractivity contribution in [1.82, 2.24) is 19.9 Å². The fraction of sp³-hybridized carbons (Fsp3) is 0.105. The normalized spacial score (nSPS) is 10.8. The summed E-state index contributed by atoms with van der Waals surface area (Å²) in [5.41, 5.74) is 0.994. The Morgan fingerprint density at radius 2 is 2.00 bits per heavy atom. The maximum absolute atomic E-state index is 13.2. The number of ether oxygens (including phenoxy) is 2. The molecule has 4 aromatic rings. The zero-order chi connectivity index (χ0) is 19.5. The summed E-state index contributed by atoms with van der Waals surface area (Å²) < 4.78 is 24.1. The highest BCUT2D eigenvalue weighted by atomic mass is 35.5. The van der Waals surface area contributed by atoms with E-state index in [0.717, 1.165) is 0 Å². The number of aromatic nitrogens is 4. The van der Waals surface area contributed by atoms with Gasteiger partial charge < -0.3 is 19.8 Å². The summed E-state index contributed by atoms with van der Waals surface area (Å²) in [7, 11) is 1.57. The van der Waals surface area contributed by atoms with Gasteiger partial charge in [0.2, 0.25) is 5.95 Å². The van der Waals surface area contributed by atoms with Gasteiger partial charge in [0.25, 0.3) is 0 Å². The topological polar surface area (TPSA) is 84.9 Å². The maximum atomic E-state index is 13.2. The summed E-state index contributed by atoms with van der Waals surface area (Å²) in [6, 6.07) is 11.5. The molecule has 0 saturated heterocycles. The molecule has 0 fully saturated rings. The van der Waals surface area contributed by atoms with Gasteiger partial charge in [0, 0.05) is 18.3 Å². The van der Waals surface area contributed by atoms with Crippen LogP contribution in [0.1, 0.15) is 5.82 Å². The van der Waals surface area contributed by atoms with Crippen molar-refractivity contribution in [3.05, 3.63) is 65.5 Å². The molecule has 2 N–H and O–H groups in total. The van der Waals surface area contributed by atoms with Gasteiger partial charge in [-0.05, 0) is 30.3 Å². The number of anilines is 1. The molecule has 0 saturated carbocycles. The zero-order valence-electron chi connectivity index (χ0n) is 14.7. The molecule has 9 heteroatoms. The van der Waals surface area contributed by atoms with E-state index >= 15 is 0 Å². The van der Waals surface area contributed by atoms with E-state index in [4.69, 9.17) is 21.1 Å². The smallest absolute Gasteiger partial charge is 0.215 e. The lowest BCUT2D eigenvalue weighted by molar-refractivity contribution is 0.413. The van der Waals surface area contributed by atoms with E-state index in [1.54, 1.807) is 49.7 Å². The molecule has 3 aromatic heterocycles. The second-order valence-corrected chi connectivity index (χ2v) is 6.22. The van der Waals surface area contributed by atoms with Crippen molar-refractivity contribution in [2.45, 2.75) is 6.54 Å². The highest BCUT2D eigenvalue weighted by Gasteiger charge is 2.08. The number of pyridine rings is 2. The number of nitrogens with one attached hydrogen (secondary N) is 2. The molecule has 0 aliphatic heterocycles. The lowest BCUT2D eigenvalue weighted by Gasteiger charge is -2.10. The van der Waals surface area contributed by atoms with Crippen LogP contribution in [0.25, 0.3) is 11.2 Å². The predicted octanol–water partition coefficient (Wildman–Crippen LogP) is 4.56. The number of fused-ring (bicyclic) bond motifs is 1. The first kappa shape index (κ1) is 18.0. The number of rotatable bonds is 6. The standard InChI is InChI=1S/C19H15ClFN5O2/c1-27-11-2-4-15(13(20)8-11)28-12-6-7-22-17(9-12)23-10-18-24-14-3-5-16(21)25-19(14)26-18/h2-9H,10H2,1H3,(H,22,23)(H,24,25,26). The lowest BCUT2D eigenvalue weighted by Crippen LogP contribution is -2.03. The predicted molar refractivity (Wildman–Crippen MR) is 103 cm³/mol. The van der Waals surface area contributed by atoms with Crippen molar-refractivity contribution in [3.63, 3.8) is 0 Å². The fourth-order valence-electron chi connectivity index (χ4n) is 2.57. The minimum absolute atomic E-state index is 0.330. The van der Waals surface area contributed by atoms with Crippen molar-refractivity contribution in [1.29, 1.82) is 0 Å². The van der Waals surface area contributed by atoms with E-state index < -0.39 is 5.95 Å². The van der Waals surface area contributed by atoms with E-state index in [0.29, 0.717) is 51.6 Å². The zero-order valence-corrected chi connectivity index (χ0v) is 15.5. The van der Waals surface area contributed by atoms with Crippen molar-refractivity contribution in [2.75, 3.05) is 12.4 Å². The largest absolute Gasteiger partial charge is 0.497 e. The van der Waals surface area contributed by atoms with Crippen molar-refractivity contribution in [3.8, 4) is 17.2 Å². The molecule has 0 bridgehead atoms. The van der Waals surface area contributed by atoms with Gasteiger partial charge in [0.05, 0.1) is 24.2 Å². The van der Waals surface area contributed by atoms with Crippen molar-refractivity contribution >= 4 is 28.6 Å². The fourth-order valence-corrected chi connectivity index (χ4v) is 2.78. The van der Waals surface area contributed by atoms with Crippen LogP contribution in [0.4, 0.5) is 10.2 Å². The van der Waals surface area contributed by atoms with Crippen LogP contribution in [0.15, 0.2) is 48.7 Å². The number of halogens is 2. The van der Waals surface area contributed by atoms with Crippen LogP contribution in [-0.4, -0.2) is 27.0 Å². The van der Waals surface area contributed by atoms with E-state index in [1.807, 2.05) is 0 Å². The van der Waals surface area contributed by atoms with Gasteiger partial charge in [0.1, 0.15) is 28.9 Å². The molecule has 0 unspecified atom stereocenters. The Bertz CT molecular complexity index is 1130. The lowest BCUT2D eigenvalue weighted by atomic mass is 10.3. The van der Waals surface area contributed by atoms with E-state index in [1.165, 1.54) is 6.07 Å². The summed E-state index contributed by atoms with van der Waals surface area (Å²) in [6.45, 7) is 0.359. The molecule has 0 radical (unpaired) electrons. The number of aromatic amines is 1. The minimum atomic E-state index is -0.567. The number of hydrogen-bond acceptors (Lipinski definition) is 6. The van der Waals surface area contributed by atoms with Crippen LogP contribution in [-0.2, 0) is 6.54 Å². The molecule has 3 heterocycles. The summed E-state index contributed by atoms with van der Waals surface area (Å²) in [5.74, 6) is 2.35. The van der Waals surface area contributed by atoms with E-state index in [-0.39, 0.29) is 0 Å². The maximum Gasteiger partial charge on any atom is 0.215 e. The van der Waals surface area contributed by atoms with Crippen molar-refractivity contribution < 1.29 is 13.9 Å². The SMILES string of the molecule is COc1ccc(Oc2ccnc(NCc3nc4nc(F)ccc4[nH]3)c2)c(Cl)c1. The molecule has 28 heavy (non-hydrogen) atoms. The average Bonchev–Trinajstić information content (AvgIpc) is 3.10. The van der Waals surface area contributed by atoms with E-state index in [9.17, 15) is 4.39 Å². The summed E-state index contributed by atoms with van der Waals surface area (Å²) in [4.78, 5) is 15.3. The van der Waals surface area contributed by atoms with Crippen LogP contribution in [0.5, 0.6) is 17.2 Å². The molecule has 142 valence electrons. The molecular weight excluding hydrogens is 385 g/mol. The Morgan fingerprint density at radius 3 is 2.82 bits per heavy atom. The molecule has 0 amide bonds. The Labute approximate surface area is 164 Å². The number of benzene rings is 1. The Hall–Kier alpha value is -3.39. The van der Waals surface area contributed by atoms with Gasteiger partial charge in [0.15, 0.2) is 5.65 Å². The monoisotopic (exact) mass is 399 g/mol. The second-order valence-electron chi connectivity index (χ2n) is 5.82.